The lowest BCUT2D eigenvalue weighted by atomic mass is 10.1. The minimum Gasteiger partial charge on any atom is -0.493 e. The van der Waals surface area contributed by atoms with Gasteiger partial charge in [-0.15, -0.1) is 0 Å². The number of carbonyl (C=O) groups excluding carboxylic acids is 3. The molecule has 0 spiro atoms. The minimum atomic E-state index is -0.234. The molecule has 4 aromatic rings. The molecule has 0 unspecified atom stereocenters. The van der Waals surface area contributed by atoms with Crippen LogP contribution in [0.1, 0.15) is 27.0 Å². The molecule has 0 aliphatic heterocycles. The Labute approximate surface area is 256 Å². The number of hydrogen-bond donors (Lipinski definition) is 2. The van der Waals surface area contributed by atoms with Crippen molar-refractivity contribution in [2.75, 3.05) is 39.1 Å². The molecule has 0 aliphatic rings. The van der Waals surface area contributed by atoms with Crippen LogP contribution in [0.25, 0.3) is 6.08 Å². The van der Waals surface area contributed by atoms with Crippen LogP contribution in [-0.4, -0.2) is 46.0 Å². The number of methoxy groups -OCH3 is 4. The first-order valence-electron chi connectivity index (χ1n) is 13.8. The van der Waals surface area contributed by atoms with E-state index in [2.05, 4.69) is 10.6 Å². The summed E-state index contributed by atoms with van der Waals surface area (Å²) in [6.07, 6.45) is 3.41. The molecule has 0 aromatic heterocycles. The second-order valence-corrected chi connectivity index (χ2v) is 9.73. The van der Waals surface area contributed by atoms with Crippen molar-refractivity contribution in [1.82, 2.24) is 0 Å². The second-order valence-electron chi connectivity index (χ2n) is 9.73. The zero-order chi connectivity index (χ0) is 31.5. The van der Waals surface area contributed by atoms with Crippen molar-refractivity contribution in [2.45, 2.75) is 12.8 Å². The van der Waals surface area contributed by atoms with Crippen LogP contribution in [0.2, 0.25) is 0 Å². The molecule has 9 nitrogen and oxygen atoms in total. The number of anilines is 2. The van der Waals surface area contributed by atoms with Crippen LogP contribution < -0.4 is 29.6 Å². The minimum absolute atomic E-state index is 0.125. The molecule has 0 heterocycles. The molecule has 226 valence electrons. The van der Waals surface area contributed by atoms with E-state index in [1.54, 1.807) is 100 Å². The van der Waals surface area contributed by atoms with Crippen molar-refractivity contribution in [3.8, 4) is 23.0 Å². The number of allylic oxidation sites excluding steroid dienone is 1. The average Bonchev–Trinajstić information content (AvgIpc) is 3.03. The fourth-order valence-corrected chi connectivity index (χ4v) is 4.50. The first kappa shape index (κ1) is 31.4. The summed E-state index contributed by atoms with van der Waals surface area (Å²) in [6.45, 7) is 0. The molecule has 0 bridgehead atoms. The van der Waals surface area contributed by atoms with Crippen LogP contribution in [0.4, 0.5) is 11.4 Å². The predicted molar refractivity (Wildman–Crippen MR) is 170 cm³/mol. The van der Waals surface area contributed by atoms with Gasteiger partial charge in [0.25, 0.3) is 0 Å². The lowest BCUT2D eigenvalue weighted by molar-refractivity contribution is -0.116. The van der Waals surface area contributed by atoms with Gasteiger partial charge < -0.3 is 29.6 Å². The Hall–Kier alpha value is -5.57. The highest BCUT2D eigenvalue weighted by atomic mass is 16.5. The third kappa shape index (κ3) is 8.48. The molecule has 44 heavy (non-hydrogen) atoms. The molecule has 0 radical (unpaired) electrons. The van der Waals surface area contributed by atoms with Crippen molar-refractivity contribution < 1.29 is 33.3 Å². The summed E-state index contributed by atoms with van der Waals surface area (Å²) in [6, 6.07) is 24.6. The van der Waals surface area contributed by atoms with Gasteiger partial charge in [-0.3, -0.25) is 14.4 Å². The molecule has 9 heteroatoms. The number of benzene rings is 4. The molecule has 0 saturated heterocycles. The Kier molecular flexibility index (Phi) is 10.7. The third-order valence-corrected chi connectivity index (χ3v) is 6.65. The van der Waals surface area contributed by atoms with Crippen molar-refractivity contribution in [1.29, 1.82) is 0 Å². The quantitative estimate of drug-likeness (QED) is 0.145. The Morgan fingerprint density at radius 2 is 1.09 bits per heavy atom. The molecule has 0 saturated carbocycles. The normalized spacial score (nSPS) is 10.6. The number of ketones is 1. The Morgan fingerprint density at radius 3 is 1.61 bits per heavy atom. The Balaban J connectivity index is 1.35. The molecule has 0 aliphatic carbocycles. The first-order chi connectivity index (χ1) is 21.3. The fourth-order valence-electron chi connectivity index (χ4n) is 4.50. The van der Waals surface area contributed by atoms with E-state index in [0.29, 0.717) is 39.9 Å². The van der Waals surface area contributed by atoms with Gasteiger partial charge in [-0.1, -0.05) is 42.5 Å². The van der Waals surface area contributed by atoms with Crippen LogP contribution in [0.15, 0.2) is 91.0 Å². The summed E-state index contributed by atoms with van der Waals surface area (Å²) in [4.78, 5) is 38.3. The highest BCUT2D eigenvalue weighted by Gasteiger charge is 2.11. The lowest BCUT2D eigenvalue weighted by Crippen LogP contribution is -2.14. The highest BCUT2D eigenvalue weighted by molar-refractivity contribution is 6.08. The van der Waals surface area contributed by atoms with E-state index in [4.69, 9.17) is 18.9 Å². The molecule has 4 aromatic carbocycles. The summed E-state index contributed by atoms with van der Waals surface area (Å²) in [7, 11) is 6.19. The van der Waals surface area contributed by atoms with Crippen LogP contribution in [-0.2, 0) is 22.4 Å². The maximum atomic E-state index is 12.9. The molecule has 2 amide bonds. The zero-order valence-corrected chi connectivity index (χ0v) is 25.0. The third-order valence-electron chi connectivity index (χ3n) is 6.65. The zero-order valence-electron chi connectivity index (χ0n) is 25.0. The topological polar surface area (TPSA) is 112 Å². The highest BCUT2D eigenvalue weighted by Crippen LogP contribution is 2.29. The number of ether oxygens (including phenoxy) is 4. The van der Waals surface area contributed by atoms with Gasteiger partial charge in [0.15, 0.2) is 28.8 Å². The average molecular weight is 595 g/mol. The van der Waals surface area contributed by atoms with Gasteiger partial charge >= 0.3 is 0 Å². The second kappa shape index (κ2) is 15.1. The van der Waals surface area contributed by atoms with E-state index in [1.165, 1.54) is 13.2 Å². The van der Waals surface area contributed by atoms with E-state index >= 15 is 0 Å². The smallest absolute Gasteiger partial charge is 0.228 e. The maximum Gasteiger partial charge on any atom is 0.228 e. The number of amides is 2. The van der Waals surface area contributed by atoms with Crippen molar-refractivity contribution in [3.05, 3.63) is 113 Å². The summed E-state index contributed by atoms with van der Waals surface area (Å²) in [5, 5.41) is 5.73. The number of nitrogens with one attached hydrogen (secondary N) is 2. The van der Waals surface area contributed by atoms with E-state index in [-0.39, 0.29) is 30.4 Å². The van der Waals surface area contributed by atoms with E-state index in [1.807, 2.05) is 12.1 Å². The van der Waals surface area contributed by atoms with E-state index < -0.39 is 0 Å². The Morgan fingerprint density at radius 1 is 0.591 bits per heavy atom. The predicted octanol–water partition coefficient (Wildman–Crippen LogP) is 5.98. The summed E-state index contributed by atoms with van der Waals surface area (Å²) in [5.74, 6) is 1.61. The van der Waals surface area contributed by atoms with Gasteiger partial charge in [0.2, 0.25) is 11.8 Å². The molecule has 0 fully saturated rings. The van der Waals surface area contributed by atoms with Gasteiger partial charge in [0, 0.05) is 16.9 Å². The van der Waals surface area contributed by atoms with Crippen LogP contribution in [0.5, 0.6) is 23.0 Å². The number of carbonyl (C=O) groups is 3. The van der Waals surface area contributed by atoms with E-state index in [0.717, 1.165) is 16.7 Å². The summed E-state index contributed by atoms with van der Waals surface area (Å²) in [5.41, 5.74) is 3.81. The van der Waals surface area contributed by atoms with Crippen molar-refractivity contribution in [2.24, 2.45) is 0 Å². The van der Waals surface area contributed by atoms with Crippen LogP contribution >= 0.6 is 0 Å². The van der Waals surface area contributed by atoms with Gasteiger partial charge in [-0.2, -0.15) is 0 Å². The SMILES string of the molecule is COc1ccc(CC(=O)Nc2cccc(/C=C/C(=O)c3cccc(NC(=O)Cc4ccc(OC)c(OC)c4)c3)c2)cc1OC. The van der Waals surface area contributed by atoms with Crippen LogP contribution in [0.3, 0.4) is 0 Å². The summed E-state index contributed by atoms with van der Waals surface area (Å²) >= 11 is 0. The van der Waals surface area contributed by atoms with Crippen LogP contribution in [0, 0.1) is 0 Å². The van der Waals surface area contributed by atoms with Crippen molar-refractivity contribution in [3.63, 3.8) is 0 Å². The van der Waals surface area contributed by atoms with Gasteiger partial charge in [0.1, 0.15) is 0 Å². The fraction of sp³-hybridized carbons (Fsp3) is 0.171. The largest absolute Gasteiger partial charge is 0.493 e. The number of rotatable bonds is 13. The maximum absolute atomic E-state index is 12.9. The molecule has 0 atom stereocenters. The summed E-state index contributed by atoms with van der Waals surface area (Å²) < 4.78 is 21.1. The standard InChI is InChI=1S/C35H34N2O7/c1-41-30-15-12-24(18-32(30)43-3)20-34(39)36-27-9-5-7-23(17-27)11-14-29(38)26-8-6-10-28(22-26)37-35(40)21-25-13-16-31(42-2)33(19-25)44-4/h5-19,22H,20-21H2,1-4H3,(H,36,39)(H,37,40)/b14-11+. The monoisotopic (exact) mass is 594 g/mol. The first-order valence-corrected chi connectivity index (χ1v) is 13.8. The Bertz CT molecular complexity index is 1680. The lowest BCUT2D eigenvalue weighted by Gasteiger charge is -2.10. The molecule has 2 N–H and O–H groups in total. The van der Waals surface area contributed by atoms with E-state index in [9.17, 15) is 14.4 Å². The van der Waals surface area contributed by atoms with Gasteiger partial charge in [-0.05, 0) is 71.3 Å². The van der Waals surface area contributed by atoms with Gasteiger partial charge in [-0.25, -0.2) is 0 Å². The molecule has 4 rings (SSSR count). The molecular formula is C35H34N2O7. The van der Waals surface area contributed by atoms with Gasteiger partial charge in [0.05, 0.1) is 41.3 Å². The van der Waals surface area contributed by atoms with Crippen molar-refractivity contribution >= 4 is 35.0 Å². The molecular weight excluding hydrogens is 560 g/mol. The number of hydrogen-bond acceptors (Lipinski definition) is 7.